The first-order valence-corrected chi connectivity index (χ1v) is 9.00. The molecule has 146 valence electrons. The SMILES string of the molecule is OCCOc1ccc(C(=C2C=CC(CO)=[O+]2)c2ccc(OCCO)cc2)cc1. The van der Waals surface area contributed by atoms with Crippen LogP contribution in [0.5, 0.6) is 11.5 Å². The maximum atomic E-state index is 9.33. The lowest BCUT2D eigenvalue weighted by Gasteiger charge is -2.09. The summed E-state index contributed by atoms with van der Waals surface area (Å²) in [6, 6.07) is 15.0. The lowest BCUT2D eigenvalue weighted by Crippen LogP contribution is -2.02. The number of aliphatic hydroxyl groups excluding tert-OH is 3. The van der Waals surface area contributed by atoms with E-state index in [1.165, 1.54) is 0 Å². The van der Waals surface area contributed by atoms with Gasteiger partial charge >= 0.3 is 11.5 Å². The summed E-state index contributed by atoms with van der Waals surface area (Å²) in [4.78, 5) is 0. The second-order valence-corrected chi connectivity index (χ2v) is 5.99. The molecule has 3 N–H and O–H groups in total. The van der Waals surface area contributed by atoms with Crippen molar-refractivity contribution in [1.29, 1.82) is 0 Å². The first-order valence-electron chi connectivity index (χ1n) is 9.00. The molecule has 0 atom stereocenters. The Balaban J connectivity index is 1.96. The second-order valence-electron chi connectivity index (χ2n) is 5.99. The normalized spacial score (nSPS) is 12.8. The highest BCUT2D eigenvalue weighted by Gasteiger charge is 2.25. The van der Waals surface area contributed by atoms with Crippen LogP contribution in [-0.2, 0) is 4.42 Å². The van der Waals surface area contributed by atoms with Crippen molar-refractivity contribution >= 4 is 11.4 Å². The van der Waals surface area contributed by atoms with Crippen LogP contribution < -0.4 is 9.47 Å². The van der Waals surface area contributed by atoms with E-state index in [-0.39, 0.29) is 33.0 Å². The number of aliphatic hydroxyl groups is 3. The predicted molar refractivity (Wildman–Crippen MR) is 105 cm³/mol. The molecular formula is C22H23O6+. The zero-order valence-corrected chi connectivity index (χ0v) is 15.4. The number of allylic oxidation sites excluding steroid dienone is 1. The van der Waals surface area contributed by atoms with Crippen LogP contribution in [0.4, 0.5) is 0 Å². The highest BCUT2D eigenvalue weighted by Crippen LogP contribution is 2.31. The van der Waals surface area contributed by atoms with E-state index < -0.39 is 0 Å². The molecule has 0 saturated carbocycles. The Morgan fingerprint density at radius 1 is 0.714 bits per heavy atom. The molecule has 0 amide bonds. The Morgan fingerprint density at radius 2 is 1.21 bits per heavy atom. The quantitative estimate of drug-likeness (QED) is 0.575. The van der Waals surface area contributed by atoms with Gasteiger partial charge in [0, 0.05) is 0 Å². The summed E-state index contributed by atoms with van der Waals surface area (Å²) in [5.74, 6) is 2.45. The van der Waals surface area contributed by atoms with E-state index in [0.717, 1.165) is 16.7 Å². The van der Waals surface area contributed by atoms with Crippen molar-refractivity contribution < 1.29 is 29.2 Å². The molecule has 0 spiro atoms. The highest BCUT2D eigenvalue weighted by molar-refractivity contribution is 5.95. The maximum absolute atomic E-state index is 9.33. The molecule has 1 aliphatic rings. The van der Waals surface area contributed by atoms with Crippen molar-refractivity contribution in [3.63, 3.8) is 0 Å². The molecular weight excluding hydrogens is 360 g/mol. The Labute approximate surface area is 163 Å². The fourth-order valence-corrected chi connectivity index (χ4v) is 2.81. The zero-order chi connectivity index (χ0) is 19.8. The largest absolute Gasteiger partial charge is 0.491 e. The first kappa shape index (κ1) is 19.8. The molecule has 0 aliphatic carbocycles. The van der Waals surface area contributed by atoms with Gasteiger partial charge < -0.3 is 24.8 Å². The average molecular weight is 383 g/mol. The van der Waals surface area contributed by atoms with Crippen LogP contribution in [0.15, 0.2) is 66.4 Å². The third-order valence-corrected chi connectivity index (χ3v) is 4.07. The van der Waals surface area contributed by atoms with Gasteiger partial charge in [-0.3, -0.25) is 0 Å². The van der Waals surface area contributed by atoms with Gasteiger partial charge in [-0.2, -0.15) is 0 Å². The Morgan fingerprint density at radius 3 is 1.61 bits per heavy atom. The van der Waals surface area contributed by atoms with Crippen molar-refractivity contribution in [2.24, 2.45) is 0 Å². The van der Waals surface area contributed by atoms with E-state index in [9.17, 15) is 5.11 Å². The molecule has 28 heavy (non-hydrogen) atoms. The summed E-state index contributed by atoms with van der Waals surface area (Å²) in [6.45, 7) is 0.224. The van der Waals surface area contributed by atoms with Crippen LogP contribution in [0.3, 0.4) is 0 Å². The van der Waals surface area contributed by atoms with Crippen LogP contribution in [0, 0.1) is 0 Å². The molecule has 1 heterocycles. The number of hydrogen-bond acceptors (Lipinski definition) is 5. The Hall–Kier alpha value is -2.93. The molecule has 2 aromatic carbocycles. The second kappa shape index (κ2) is 9.85. The molecule has 0 bridgehead atoms. The molecule has 0 saturated heterocycles. The van der Waals surface area contributed by atoms with Gasteiger partial charge in [0.15, 0.2) is 6.61 Å². The van der Waals surface area contributed by atoms with Crippen molar-refractivity contribution in [3.05, 3.63) is 77.6 Å². The van der Waals surface area contributed by atoms with Crippen molar-refractivity contribution in [3.8, 4) is 11.5 Å². The minimum Gasteiger partial charge on any atom is -0.491 e. The summed E-state index contributed by atoms with van der Waals surface area (Å²) in [6.07, 6.45) is 3.57. The summed E-state index contributed by atoms with van der Waals surface area (Å²) < 4.78 is 16.6. The van der Waals surface area contributed by atoms with Gasteiger partial charge in [0.05, 0.1) is 30.9 Å². The van der Waals surface area contributed by atoms with Gasteiger partial charge in [-0.05, 0) is 35.4 Å². The standard InChI is InChI=1S/C22H23O6/c23-11-13-26-18-5-1-16(2-6-18)22(21-10-9-20(15-25)28-21)17-3-7-19(8-4-17)27-14-12-24/h1-10,23-25H,11-15H2/q+1. The summed E-state index contributed by atoms with van der Waals surface area (Å²) in [5, 5.41) is 27.1. The lowest BCUT2D eigenvalue weighted by molar-refractivity contribution is -0.387. The summed E-state index contributed by atoms with van der Waals surface area (Å²) in [5.41, 5.74) is 2.69. The highest BCUT2D eigenvalue weighted by atomic mass is 16.5. The van der Waals surface area contributed by atoms with Crippen LogP contribution >= 0.6 is 0 Å². The van der Waals surface area contributed by atoms with Gasteiger partial charge in [0.25, 0.3) is 0 Å². The third kappa shape index (κ3) is 4.86. The molecule has 6 nitrogen and oxygen atoms in total. The molecule has 3 rings (SSSR count). The number of carbonyl (C=O) groups excluding carboxylic acids is 1. The predicted octanol–water partition coefficient (Wildman–Crippen LogP) is 1.86. The van der Waals surface area contributed by atoms with Crippen molar-refractivity contribution in [2.75, 3.05) is 33.0 Å². The van der Waals surface area contributed by atoms with Crippen LogP contribution in [0.25, 0.3) is 5.57 Å². The van der Waals surface area contributed by atoms with Crippen molar-refractivity contribution in [2.45, 2.75) is 0 Å². The fourth-order valence-electron chi connectivity index (χ4n) is 2.81. The maximum Gasteiger partial charge on any atom is 0.361 e. The smallest absolute Gasteiger partial charge is 0.361 e. The first-order chi connectivity index (χ1) is 13.7. The molecule has 0 unspecified atom stereocenters. The number of ether oxygens (including phenoxy) is 2. The molecule has 1 aliphatic heterocycles. The van der Waals surface area contributed by atoms with Crippen LogP contribution in [0.2, 0.25) is 0 Å². The van der Waals surface area contributed by atoms with Gasteiger partial charge in [-0.1, -0.05) is 24.3 Å². The molecule has 2 aromatic rings. The van der Waals surface area contributed by atoms with Gasteiger partial charge in [0.2, 0.25) is 0 Å². The summed E-state index contributed by atoms with van der Waals surface area (Å²) in [7, 11) is 0. The van der Waals surface area contributed by atoms with E-state index in [2.05, 4.69) is 0 Å². The van der Waals surface area contributed by atoms with Crippen LogP contribution in [-0.4, -0.2) is 54.1 Å². The van der Waals surface area contributed by atoms with E-state index in [0.29, 0.717) is 23.0 Å². The van der Waals surface area contributed by atoms with Gasteiger partial charge in [-0.15, -0.1) is 0 Å². The summed E-state index contributed by atoms with van der Waals surface area (Å²) >= 11 is 0. The minimum absolute atomic E-state index is 0.0415. The van der Waals surface area contributed by atoms with Crippen LogP contribution in [0.1, 0.15) is 11.1 Å². The Bertz CT molecular complexity index is 809. The van der Waals surface area contributed by atoms with Crippen molar-refractivity contribution in [1.82, 2.24) is 0 Å². The molecule has 0 aromatic heterocycles. The molecule has 6 heteroatoms. The van der Waals surface area contributed by atoms with E-state index >= 15 is 0 Å². The minimum atomic E-state index is -0.171. The van der Waals surface area contributed by atoms with Gasteiger partial charge in [0.1, 0.15) is 24.7 Å². The monoisotopic (exact) mass is 383 g/mol. The molecule has 0 fully saturated rings. The van der Waals surface area contributed by atoms with Gasteiger partial charge in [-0.25, -0.2) is 4.42 Å². The molecule has 0 radical (unpaired) electrons. The fraction of sp³-hybridized carbons (Fsp3) is 0.227. The zero-order valence-electron chi connectivity index (χ0n) is 15.4. The van der Waals surface area contributed by atoms with E-state index in [1.54, 1.807) is 6.08 Å². The lowest BCUT2D eigenvalue weighted by atomic mass is 9.96. The Kier molecular flexibility index (Phi) is 6.97. The third-order valence-electron chi connectivity index (χ3n) is 4.07. The average Bonchev–Trinajstić information content (AvgIpc) is 3.21. The topological polar surface area (TPSA) is 90.5 Å². The van der Waals surface area contributed by atoms with E-state index in [4.69, 9.17) is 24.1 Å². The number of benzene rings is 2. The van der Waals surface area contributed by atoms with E-state index in [1.807, 2.05) is 54.6 Å². The number of rotatable bonds is 9. The number of hydrogen-bond donors (Lipinski definition) is 3. The number of ketones is 1.